The van der Waals surface area contributed by atoms with Gasteiger partial charge >= 0.3 is 0 Å². The molecule has 0 saturated heterocycles. The number of quaternary nitrogens is 1. The smallest absolute Gasteiger partial charge is 0.250 e. The summed E-state index contributed by atoms with van der Waals surface area (Å²) in [5, 5.41) is 10.2. The van der Waals surface area contributed by atoms with Crippen LogP contribution in [0.25, 0.3) is 33.4 Å². The first-order valence-electron chi connectivity index (χ1n) is 10.6. The van der Waals surface area contributed by atoms with E-state index in [9.17, 15) is 14.3 Å². The summed E-state index contributed by atoms with van der Waals surface area (Å²) in [6.45, 7) is 1.83. The van der Waals surface area contributed by atoms with Gasteiger partial charge in [-0.25, -0.2) is 9.37 Å². The molecule has 0 unspecified atom stereocenters. The van der Waals surface area contributed by atoms with Crippen LogP contribution in [0.2, 0.25) is 0 Å². The predicted molar refractivity (Wildman–Crippen MR) is 122 cm³/mol. The van der Waals surface area contributed by atoms with Crippen LogP contribution in [0.1, 0.15) is 25.3 Å². The van der Waals surface area contributed by atoms with Crippen LogP contribution in [0.5, 0.6) is 0 Å². The van der Waals surface area contributed by atoms with E-state index in [1.165, 1.54) is 16.7 Å². The largest absolute Gasteiger partial charge is 0.390 e. The SMILES string of the molecule is Cn1c(=O)ccc2nc(-c3ccc(C4([NH3+])CC(C)(O)C4)cc3)c(-c3ccccc3F)cc21. The van der Waals surface area contributed by atoms with Gasteiger partial charge in [0.05, 0.1) is 22.3 Å². The molecule has 2 aromatic heterocycles. The number of nitrogens with zero attached hydrogens (tertiary/aromatic N) is 2. The molecule has 32 heavy (non-hydrogen) atoms. The highest BCUT2D eigenvalue weighted by atomic mass is 19.1. The Morgan fingerprint density at radius 2 is 1.72 bits per heavy atom. The lowest BCUT2D eigenvalue weighted by atomic mass is 9.63. The van der Waals surface area contributed by atoms with Crippen LogP contribution < -0.4 is 11.3 Å². The first-order chi connectivity index (χ1) is 15.2. The molecule has 0 amide bonds. The molecule has 0 aliphatic heterocycles. The Hall–Kier alpha value is -3.35. The standard InChI is InChI=1S/C26H24FN3O2/c1-25(32)14-26(28,15-25)17-9-7-16(8-10-17)24-19(18-5-3-4-6-20(18)27)13-22-21(29-24)11-12-23(31)30(22)2/h3-13,32H,14-15,28H2,1-2H3/p+1. The Bertz CT molecular complexity index is 1400. The summed E-state index contributed by atoms with van der Waals surface area (Å²) in [4.78, 5) is 17.0. The fourth-order valence-corrected chi connectivity index (χ4v) is 4.99. The van der Waals surface area contributed by atoms with Gasteiger partial charge in [0.2, 0.25) is 0 Å². The molecule has 0 atom stereocenters. The van der Waals surface area contributed by atoms with Gasteiger partial charge in [0.1, 0.15) is 11.4 Å². The molecular formula is C26H25FN3O2+. The maximum Gasteiger partial charge on any atom is 0.250 e. The normalized spacial score (nSPS) is 22.7. The van der Waals surface area contributed by atoms with Gasteiger partial charge in [-0.15, -0.1) is 0 Å². The third-order valence-corrected chi connectivity index (χ3v) is 6.48. The first-order valence-corrected chi connectivity index (χ1v) is 10.6. The molecule has 0 bridgehead atoms. The van der Waals surface area contributed by atoms with Crippen molar-refractivity contribution in [1.82, 2.24) is 9.55 Å². The molecule has 162 valence electrons. The summed E-state index contributed by atoms with van der Waals surface area (Å²) < 4.78 is 16.3. The number of aliphatic hydroxyl groups is 1. The van der Waals surface area contributed by atoms with Crippen LogP contribution in [-0.4, -0.2) is 20.3 Å². The molecule has 4 aromatic rings. The number of fused-ring (bicyclic) bond motifs is 1. The zero-order chi connectivity index (χ0) is 22.7. The molecule has 6 heteroatoms. The average Bonchev–Trinajstić information content (AvgIpc) is 2.75. The van der Waals surface area contributed by atoms with Crippen molar-refractivity contribution < 1.29 is 15.2 Å². The summed E-state index contributed by atoms with van der Waals surface area (Å²) in [5.74, 6) is -0.346. The Balaban J connectivity index is 1.68. The zero-order valence-electron chi connectivity index (χ0n) is 18.1. The van der Waals surface area contributed by atoms with Gasteiger partial charge in [-0.3, -0.25) is 4.79 Å². The second-order valence-electron chi connectivity index (χ2n) is 9.21. The number of hydrogen-bond acceptors (Lipinski definition) is 3. The number of hydrogen-bond donors (Lipinski definition) is 2. The van der Waals surface area contributed by atoms with Crippen molar-refractivity contribution in [1.29, 1.82) is 0 Å². The van der Waals surface area contributed by atoms with Crippen LogP contribution in [0.15, 0.2) is 71.5 Å². The number of benzene rings is 2. The molecular weight excluding hydrogens is 405 g/mol. The van der Waals surface area contributed by atoms with Gasteiger partial charge in [0.25, 0.3) is 5.56 Å². The lowest BCUT2D eigenvalue weighted by Gasteiger charge is -2.46. The summed E-state index contributed by atoms with van der Waals surface area (Å²) in [7, 11) is 1.69. The van der Waals surface area contributed by atoms with Crippen molar-refractivity contribution >= 4 is 11.0 Å². The lowest BCUT2D eigenvalue weighted by molar-refractivity contribution is -0.528. The van der Waals surface area contributed by atoms with Crippen molar-refractivity contribution in [3.8, 4) is 22.4 Å². The molecule has 4 N–H and O–H groups in total. The van der Waals surface area contributed by atoms with E-state index in [4.69, 9.17) is 4.98 Å². The number of pyridine rings is 2. The molecule has 1 fully saturated rings. The van der Waals surface area contributed by atoms with Crippen molar-refractivity contribution in [3.05, 3.63) is 88.5 Å². The predicted octanol–water partition coefficient (Wildman–Crippen LogP) is 3.39. The van der Waals surface area contributed by atoms with Gasteiger partial charge in [0, 0.05) is 48.2 Å². The highest BCUT2D eigenvalue weighted by Crippen LogP contribution is 2.45. The topological polar surface area (TPSA) is 82.8 Å². The van der Waals surface area contributed by atoms with E-state index >= 15 is 0 Å². The minimum atomic E-state index is -0.672. The van der Waals surface area contributed by atoms with Crippen molar-refractivity contribution in [2.24, 2.45) is 7.05 Å². The lowest BCUT2D eigenvalue weighted by Crippen LogP contribution is -2.79. The molecule has 5 rings (SSSR count). The molecule has 1 aliphatic rings. The zero-order valence-corrected chi connectivity index (χ0v) is 18.1. The highest BCUT2D eigenvalue weighted by Gasteiger charge is 2.53. The summed E-state index contributed by atoms with van der Waals surface area (Å²) in [6, 6.07) is 19.5. The van der Waals surface area contributed by atoms with Crippen LogP contribution in [-0.2, 0) is 12.6 Å². The van der Waals surface area contributed by atoms with Crippen molar-refractivity contribution in [2.45, 2.75) is 30.9 Å². The van der Waals surface area contributed by atoms with E-state index in [0.717, 1.165) is 11.1 Å². The Kier molecular flexibility index (Phi) is 4.55. The minimum Gasteiger partial charge on any atom is -0.390 e. The summed E-state index contributed by atoms with van der Waals surface area (Å²) >= 11 is 0. The molecule has 2 aromatic carbocycles. The van der Waals surface area contributed by atoms with Gasteiger partial charge in [-0.05, 0) is 25.1 Å². The maximum absolute atomic E-state index is 14.8. The van der Waals surface area contributed by atoms with Crippen LogP contribution >= 0.6 is 0 Å². The van der Waals surface area contributed by atoms with Gasteiger partial charge in [0.15, 0.2) is 0 Å². The third kappa shape index (κ3) is 3.32. The Morgan fingerprint density at radius 1 is 1.03 bits per heavy atom. The van der Waals surface area contributed by atoms with Gasteiger partial charge in [-0.1, -0.05) is 42.5 Å². The second kappa shape index (κ2) is 7.08. The molecule has 0 radical (unpaired) electrons. The molecule has 1 saturated carbocycles. The summed E-state index contributed by atoms with van der Waals surface area (Å²) in [5.41, 5.74) is 8.11. The number of rotatable bonds is 3. The van der Waals surface area contributed by atoms with Crippen LogP contribution in [0.3, 0.4) is 0 Å². The fraction of sp³-hybridized carbons (Fsp3) is 0.231. The summed E-state index contributed by atoms with van der Waals surface area (Å²) in [6.07, 6.45) is 1.23. The van der Waals surface area contributed by atoms with Crippen molar-refractivity contribution in [2.75, 3.05) is 0 Å². The van der Waals surface area contributed by atoms with Gasteiger partial charge in [-0.2, -0.15) is 0 Å². The molecule has 5 nitrogen and oxygen atoms in total. The molecule has 2 heterocycles. The van der Waals surface area contributed by atoms with E-state index in [-0.39, 0.29) is 16.9 Å². The third-order valence-electron chi connectivity index (χ3n) is 6.48. The second-order valence-corrected chi connectivity index (χ2v) is 9.21. The Labute approximate surface area is 185 Å². The van der Waals surface area contributed by atoms with Crippen molar-refractivity contribution in [3.63, 3.8) is 0 Å². The highest BCUT2D eigenvalue weighted by molar-refractivity contribution is 5.90. The Morgan fingerprint density at radius 3 is 2.38 bits per heavy atom. The number of halogens is 1. The van der Waals surface area contributed by atoms with Crippen LogP contribution in [0.4, 0.5) is 4.39 Å². The van der Waals surface area contributed by atoms with Crippen LogP contribution in [0, 0.1) is 5.82 Å². The van der Waals surface area contributed by atoms with E-state index in [1.54, 1.807) is 31.3 Å². The maximum atomic E-state index is 14.8. The van der Waals surface area contributed by atoms with Gasteiger partial charge < -0.3 is 15.4 Å². The van der Waals surface area contributed by atoms with E-state index < -0.39 is 5.60 Å². The quantitative estimate of drug-likeness (QED) is 0.523. The fourth-order valence-electron chi connectivity index (χ4n) is 4.99. The number of aromatic nitrogens is 2. The molecule has 0 spiro atoms. The molecule has 1 aliphatic carbocycles. The first kappa shape index (κ1) is 20.5. The minimum absolute atomic E-state index is 0.145. The van der Waals surface area contributed by atoms with E-state index in [2.05, 4.69) is 5.73 Å². The monoisotopic (exact) mass is 430 g/mol. The van der Waals surface area contributed by atoms with E-state index in [1.807, 2.05) is 37.3 Å². The van der Waals surface area contributed by atoms with E-state index in [0.29, 0.717) is 40.7 Å². The average molecular weight is 431 g/mol. The number of aryl methyl sites for hydroxylation is 1.